The van der Waals surface area contributed by atoms with Crippen LogP contribution in [0.25, 0.3) is 11.7 Å². The summed E-state index contributed by atoms with van der Waals surface area (Å²) in [5, 5.41) is 13.6. The number of nitrogens with zero attached hydrogens (tertiary/aromatic N) is 4. The number of fused-ring (bicyclic) bond motifs is 1. The van der Waals surface area contributed by atoms with Crippen molar-refractivity contribution < 1.29 is 18.0 Å². The molecule has 0 atom stereocenters. The molecule has 0 unspecified atom stereocenters. The number of rotatable bonds is 9. The molecule has 0 radical (unpaired) electrons. The molecule has 3 aliphatic rings. The number of nitrogens with one attached hydrogen (secondary N) is 3. The summed E-state index contributed by atoms with van der Waals surface area (Å²) in [5.74, 6) is 1.18. The number of amides is 2. The monoisotopic (exact) mass is 515 g/mol. The van der Waals surface area contributed by atoms with Crippen LogP contribution in [0, 0.1) is 11.8 Å². The summed E-state index contributed by atoms with van der Waals surface area (Å²) in [6.07, 6.45) is 8.84. The van der Waals surface area contributed by atoms with Gasteiger partial charge in [0.2, 0.25) is 17.8 Å². The Hall–Kier alpha value is -3.02. The van der Waals surface area contributed by atoms with Crippen molar-refractivity contribution in [2.75, 3.05) is 22.1 Å². The van der Waals surface area contributed by atoms with Crippen molar-refractivity contribution in [1.29, 1.82) is 0 Å². The van der Waals surface area contributed by atoms with Gasteiger partial charge in [-0.15, -0.1) is 0 Å². The molecular weight excluding hydrogens is 482 g/mol. The maximum absolute atomic E-state index is 12.4. The number of aromatic nitrogens is 4. The van der Waals surface area contributed by atoms with Crippen LogP contribution in [0.5, 0.6) is 0 Å². The lowest BCUT2D eigenvalue weighted by Gasteiger charge is -2.29. The van der Waals surface area contributed by atoms with Gasteiger partial charge in [0.05, 0.1) is 24.1 Å². The maximum Gasteiger partial charge on any atom is 0.254 e. The van der Waals surface area contributed by atoms with Gasteiger partial charge >= 0.3 is 0 Å². The van der Waals surface area contributed by atoms with E-state index >= 15 is 0 Å². The van der Waals surface area contributed by atoms with Gasteiger partial charge in [0.1, 0.15) is 0 Å². The van der Waals surface area contributed by atoms with Crippen LogP contribution in [0.2, 0.25) is 0 Å². The molecule has 3 N–H and O–H groups in total. The van der Waals surface area contributed by atoms with E-state index in [1.807, 2.05) is 13.8 Å². The molecule has 2 aromatic rings. The molecule has 3 fully saturated rings. The highest BCUT2D eigenvalue weighted by Crippen LogP contribution is 2.29. The first-order valence-electron chi connectivity index (χ1n) is 12.7. The molecule has 194 valence electrons. The van der Waals surface area contributed by atoms with Crippen LogP contribution in [-0.2, 0) is 19.4 Å². The lowest BCUT2D eigenvalue weighted by molar-refractivity contribution is -0.124. The quantitative estimate of drug-likeness (QED) is 0.337. The number of hydrogen-bond donors (Lipinski definition) is 3. The number of anilines is 2. The average Bonchev–Trinajstić information content (AvgIpc) is 3.42. The van der Waals surface area contributed by atoms with Gasteiger partial charge in [0, 0.05) is 23.2 Å². The van der Waals surface area contributed by atoms with Gasteiger partial charge in [-0.25, -0.2) is 8.42 Å². The highest BCUT2D eigenvalue weighted by Gasteiger charge is 2.29. The molecule has 12 heteroatoms. The third kappa shape index (κ3) is 5.85. The summed E-state index contributed by atoms with van der Waals surface area (Å²) in [7, 11) is -3.03. The van der Waals surface area contributed by atoms with E-state index in [9.17, 15) is 18.0 Å². The average molecular weight is 516 g/mol. The van der Waals surface area contributed by atoms with Gasteiger partial charge in [0.15, 0.2) is 15.5 Å². The largest absolute Gasteiger partial charge is 0.351 e. The number of hydrogen-bond acceptors (Lipinski definition) is 9. The SMILES string of the molecule is CC(C)CS(=O)(=O)CC1CCC(Nc2nc(NC3CC3)n3ncc(/C=C4\CC(=O)NC4=O)c3n2)CC1. The third-order valence-corrected chi connectivity index (χ3v) is 8.94. The minimum Gasteiger partial charge on any atom is -0.351 e. The van der Waals surface area contributed by atoms with E-state index < -0.39 is 15.7 Å². The topological polar surface area (TPSA) is 147 Å². The highest BCUT2D eigenvalue weighted by molar-refractivity contribution is 7.91. The van der Waals surface area contributed by atoms with Gasteiger partial charge in [-0.2, -0.15) is 19.6 Å². The Morgan fingerprint density at radius 3 is 2.42 bits per heavy atom. The van der Waals surface area contributed by atoms with E-state index in [4.69, 9.17) is 4.98 Å². The fourth-order valence-corrected chi connectivity index (χ4v) is 7.17. The second-order valence-corrected chi connectivity index (χ2v) is 12.8. The van der Waals surface area contributed by atoms with Crippen LogP contribution in [-0.4, -0.2) is 63.4 Å². The zero-order valence-electron chi connectivity index (χ0n) is 20.7. The molecule has 2 aromatic heterocycles. The minimum atomic E-state index is -3.03. The van der Waals surface area contributed by atoms with E-state index in [0.29, 0.717) is 34.7 Å². The molecule has 2 amide bonds. The van der Waals surface area contributed by atoms with Crippen LogP contribution in [0.15, 0.2) is 11.8 Å². The van der Waals surface area contributed by atoms with Crippen LogP contribution < -0.4 is 16.0 Å². The van der Waals surface area contributed by atoms with Crippen molar-refractivity contribution in [3.63, 3.8) is 0 Å². The molecule has 1 aliphatic heterocycles. The molecule has 3 heterocycles. The van der Waals surface area contributed by atoms with Crippen LogP contribution in [0.1, 0.15) is 64.4 Å². The molecule has 1 saturated heterocycles. The first-order chi connectivity index (χ1) is 17.1. The van der Waals surface area contributed by atoms with Crippen LogP contribution >= 0.6 is 0 Å². The van der Waals surface area contributed by atoms with E-state index in [-0.39, 0.29) is 41.7 Å². The van der Waals surface area contributed by atoms with Gasteiger partial charge in [-0.05, 0) is 56.4 Å². The standard InChI is InChI=1S/C24H33N7O4S/c1-14(2)12-36(34,35)13-15-3-5-18(6-4-15)26-23-29-21-17(9-16-10-20(32)28-22(16)33)11-25-31(21)24(30-23)27-19-7-8-19/h9,11,14-15,18-19H,3-8,10,12-13H2,1-2H3,(H,28,32,33)(H2,26,27,29,30)/b16-9+. The van der Waals surface area contributed by atoms with E-state index in [1.54, 1.807) is 16.8 Å². The minimum absolute atomic E-state index is 0.0374. The smallest absolute Gasteiger partial charge is 0.254 e. The summed E-state index contributed by atoms with van der Waals surface area (Å²) in [6.45, 7) is 3.87. The summed E-state index contributed by atoms with van der Waals surface area (Å²) in [5.41, 5.74) is 1.56. The van der Waals surface area contributed by atoms with Crippen molar-refractivity contribution >= 4 is 45.3 Å². The second kappa shape index (κ2) is 9.79. The lowest BCUT2D eigenvalue weighted by Crippen LogP contribution is -2.31. The second-order valence-electron chi connectivity index (χ2n) is 10.7. The molecule has 0 spiro atoms. The summed E-state index contributed by atoms with van der Waals surface area (Å²) < 4.78 is 26.4. The predicted molar refractivity (Wildman–Crippen MR) is 136 cm³/mol. The van der Waals surface area contributed by atoms with E-state index in [1.165, 1.54) is 0 Å². The van der Waals surface area contributed by atoms with Crippen molar-refractivity contribution in [1.82, 2.24) is 24.9 Å². The van der Waals surface area contributed by atoms with Gasteiger partial charge in [0.25, 0.3) is 5.91 Å². The number of imide groups is 1. The third-order valence-electron chi connectivity index (χ3n) is 6.79. The molecule has 5 rings (SSSR count). The summed E-state index contributed by atoms with van der Waals surface area (Å²) in [6, 6.07) is 0.497. The van der Waals surface area contributed by atoms with Crippen molar-refractivity contribution in [3.8, 4) is 0 Å². The molecule has 11 nitrogen and oxygen atoms in total. The zero-order chi connectivity index (χ0) is 25.4. The lowest BCUT2D eigenvalue weighted by atomic mass is 9.87. The maximum atomic E-state index is 12.4. The Morgan fingerprint density at radius 1 is 1.08 bits per heavy atom. The van der Waals surface area contributed by atoms with Gasteiger partial charge in [-0.1, -0.05) is 13.8 Å². The first kappa shape index (κ1) is 24.7. The van der Waals surface area contributed by atoms with Gasteiger partial charge in [-0.3, -0.25) is 14.9 Å². The number of carbonyl (C=O) groups excluding carboxylic acids is 2. The van der Waals surface area contributed by atoms with Crippen LogP contribution in [0.3, 0.4) is 0 Å². The van der Waals surface area contributed by atoms with Crippen LogP contribution in [0.4, 0.5) is 11.9 Å². The summed E-state index contributed by atoms with van der Waals surface area (Å²) >= 11 is 0. The van der Waals surface area contributed by atoms with Crippen molar-refractivity contribution in [2.24, 2.45) is 11.8 Å². The molecule has 2 aliphatic carbocycles. The van der Waals surface area contributed by atoms with E-state index in [0.717, 1.165) is 38.5 Å². The Kier molecular flexibility index (Phi) is 6.71. The Labute approximate surface area is 210 Å². The van der Waals surface area contributed by atoms with Crippen molar-refractivity contribution in [3.05, 3.63) is 17.3 Å². The van der Waals surface area contributed by atoms with E-state index in [2.05, 4.69) is 26.0 Å². The normalized spacial score (nSPS) is 24.0. The fraction of sp³-hybridized carbons (Fsp3) is 0.625. The molecule has 36 heavy (non-hydrogen) atoms. The zero-order valence-corrected chi connectivity index (χ0v) is 21.5. The highest BCUT2D eigenvalue weighted by atomic mass is 32.2. The first-order valence-corrected chi connectivity index (χ1v) is 14.5. The Bertz CT molecular complexity index is 1310. The number of sulfone groups is 1. The molecule has 2 saturated carbocycles. The predicted octanol–water partition coefficient (Wildman–Crippen LogP) is 2.17. The number of carbonyl (C=O) groups is 2. The Morgan fingerprint density at radius 2 is 1.78 bits per heavy atom. The summed E-state index contributed by atoms with van der Waals surface area (Å²) in [4.78, 5) is 33.0. The van der Waals surface area contributed by atoms with Gasteiger partial charge < -0.3 is 10.6 Å². The molecule has 0 bridgehead atoms. The molecule has 0 aromatic carbocycles. The fourth-order valence-electron chi connectivity index (χ4n) is 4.96. The Balaban J connectivity index is 1.32. The molecular formula is C24H33N7O4S. The van der Waals surface area contributed by atoms with Crippen molar-refractivity contribution in [2.45, 2.75) is 70.9 Å².